The molecule has 1 fully saturated rings. The minimum atomic E-state index is -0.0432. The van der Waals surface area contributed by atoms with Crippen LogP contribution in [0.5, 0.6) is 5.75 Å². The first-order valence-electron chi connectivity index (χ1n) is 7.53. The van der Waals surface area contributed by atoms with Crippen molar-refractivity contribution in [2.24, 2.45) is 5.73 Å². The van der Waals surface area contributed by atoms with Crippen LogP contribution in [-0.2, 0) is 4.79 Å². The van der Waals surface area contributed by atoms with Crippen LogP contribution in [0, 0.1) is 0 Å². The standard InChI is InChI=1S/C16H22N2O2/c17-9-3-10-18(12-6-7-12)16(19)14-8-11-20-15-5-2-1-4-13(14)15/h1-2,4-5,12,14H,3,6-11,17H2. The van der Waals surface area contributed by atoms with E-state index in [1.807, 2.05) is 24.3 Å². The zero-order valence-electron chi connectivity index (χ0n) is 11.8. The van der Waals surface area contributed by atoms with Crippen LogP contribution in [0.1, 0.15) is 37.2 Å². The van der Waals surface area contributed by atoms with E-state index in [0.29, 0.717) is 19.2 Å². The summed E-state index contributed by atoms with van der Waals surface area (Å²) in [4.78, 5) is 14.9. The fourth-order valence-electron chi connectivity index (χ4n) is 2.92. The number of benzene rings is 1. The molecule has 0 spiro atoms. The van der Waals surface area contributed by atoms with E-state index < -0.39 is 0 Å². The maximum Gasteiger partial charge on any atom is 0.230 e. The molecule has 1 aliphatic carbocycles. The molecule has 1 unspecified atom stereocenters. The number of amides is 1. The summed E-state index contributed by atoms with van der Waals surface area (Å²) in [5.41, 5.74) is 6.64. The predicted octanol–water partition coefficient (Wildman–Crippen LogP) is 1.89. The number of ether oxygens (including phenoxy) is 1. The number of carbonyl (C=O) groups excluding carboxylic acids is 1. The van der Waals surface area contributed by atoms with Crippen LogP contribution in [0.2, 0.25) is 0 Å². The summed E-state index contributed by atoms with van der Waals surface area (Å²) >= 11 is 0. The molecule has 1 aliphatic heterocycles. The molecular formula is C16H22N2O2. The minimum absolute atomic E-state index is 0.0432. The van der Waals surface area contributed by atoms with Gasteiger partial charge in [-0.2, -0.15) is 0 Å². The summed E-state index contributed by atoms with van der Waals surface area (Å²) < 4.78 is 5.65. The monoisotopic (exact) mass is 274 g/mol. The molecule has 0 aromatic heterocycles. The highest BCUT2D eigenvalue weighted by atomic mass is 16.5. The molecule has 2 aliphatic rings. The Labute approximate surface area is 119 Å². The molecule has 1 heterocycles. The van der Waals surface area contributed by atoms with Crippen molar-refractivity contribution in [3.63, 3.8) is 0 Å². The summed E-state index contributed by atoms with van der Waals surface area (Å²) in [5.74, 6) is 1.08. The molecule has 1 aromatic rings. The average molecular weight is 274 g/mol. The second kappa shape index (κ2) is 5.83. The highest BCUT2D eigenvalue weighted by Gasteiger charge is 2.37. The molecule has 0 bridgehead atoms. The predicted molar refractivity (Wildman–Crippen MR) is 77.7 cm³/mol. The molecule has 1 aromatic carbocycles. The van der Waals surface area contributed by atoms with Gasteiger partial charge in [0.2, 0.25) is 5.91 Å². The first-order chi connectivity index (χ1) is 9.81. The van der Waals surface area contributed by atoms with Crippen molar-refractivity contribution in [2.75, 3.05) is 19.7 Å². The van der Waals surface area contributed by atoms with E-state index in [-0.39, 0.29) is 11.8 Å². The van der Waals surface area contributed by atoms with Crippen LogP contribution in [0.15, 0.2) is 24.3 Å². The zero-order chi connectivity index (χ0) is 13.9. The van der Waals surface area contributed by atoms with Gasteiger partial charge in [0, 0.05) is 18.2 Å². The van der Waals surface area contributed by atoms with Crippen LogP contribution in [-0.4, -0.2) is 36.5 Å². The van der Waals surface area contributed by atoms with Crippen LogP contribution in [0.3, 0.4) is 0 Å². The second-order valence-electron chi connectivity index (χ2n) is 5.63. The third-order valence-electron chi connectivity index (χ3n) is 4.13. The van der Waals surface area contributed by atoms with Crippen LogP contribution in [0.25, 0.3) is 0 Å². The van der Waals surface area contributed by atoms with E-state index in [0.717, 1.165) is 43.5 Å². The average Bonchev–Trinajstić information content (AvgIpc) is 3.31. The molecule has 1 saturated carbocycles. The first-order valence-corrected chi connectivity index (χ1v) is 7.53. The Kier molecular flexibility index (Phi) is 3.92. The summed E-state index contributed by atoms with van der Waals surface area (Å²) in [5, 5.41) is 0. The number of para-hydroxylation sites is 1. The molecule has 4 nitrogen and oxygen atoms in total. The van der Waals surface area contributed by atoms with Gasteiger partial charge in [-0.1, -0.05) is 18.2 Å². The maximum atomic E-state index is 12.9. The molecule has 20 heavy (non-hydrogen) atoms. The lowest BCUT2D eigenvalue weighted by molar-refractivity contribution is -0.134. The number of hydrogen-bond donors (Lipinski definition) is 1. The van der Waals surface area contributed by atoms with Crippen LogP contribution in [0.4, 0.5) is 0 Å². The zero-order valence-corrected chi connectivity index (χ0v) is 11.8. The van der Waals surface area contributed by atoms with Crippen molar-refractivity contribution < 1.29 is 9.53 Å². The number of hydrogen-bond acceptors (Lipinski definition) is 3. The molecular weight excluding hydrogens is 252 g/mol. The summed E-state index contributed by atoms with van der Waals surface area (Å²) in [7, 11) is 0. The number of nitrogens with two attached hydrogens (primary N) is 1. The van der Waals surface area contributed by atoms with E-state index in [1.54, 1.807) is 0 Å². The van der Waals surface area contributed by atoms with Crippen molar-refractivity contribution in [3.05, 3.63) is 29.8 Å². The van der Waals surface area contributed by atoms with E-state index in [9.17, 15) is 4.79 Å². The highest BCUT2D eigenvalue weighted by Crippen LogP contribution is 2.37. The fourth-order valence-corrected chi connectivity index (χ4v) is 2.92. The van der Waals surface area contributed by atoms with Crippen LogP contribution >= 0.6 is 0 Å². The van der Waals surface area contributed by atoms with E-state index >= 15 is 0 Å². The van der Waals surface area contributed by atoms with E-state index in [1.165, 1.54) is 0 Å². The molecule has 0 saturated heterocycles. The summed E-state index contributed by atoms with van der Waals surface area (Å²) in [6, 6.07) is 8.36. The van der Waals surface area contributed by atoms with Gasteiger partial charge >= 0.3 is 0 Å². The van der Waals surface area contributed by atoms with Gasteiger partial charge in [0.05, 0.1) is 12.5 Å². The smallest absolute Gasteiger partial charge is 0.230 e. The van der Waals surface area contributed by atoms with Gasteiger partial charge in [0.25, 0.3) is 0 Å². The summed E-state index contributed by atoms with van der Waals surface area (Å²) in [6.45, 7) is 2.06. The summed E-state index contributed by atoms with van der Waals surface area (Å²) in [6.07, 6.45) is 3.94. The second-order valence-corrected chi connectivity index (χ2v) is 5.63. The minimum Gasteiger partial charge on any atom is -0.493 e. The van der Waals surface area contributed by atoms with Crippen molar-refractivity contribution in [1.29, 1.82) is 0 Å². The molecule has 0 radical (unpaired) electrons. The Morgan fingerprint density at radius 3 is 2.85 bits per heavy atom. The van der Waals surface area contributed by atoms with Gasteiger partial charge in [-0.3, -0.25) is 4.79 Å². The Hall–Kier alpha value is -1.55. The van der Waals surface area contributed by atoms with Crippen molar-refractivity contribution in [3.8, 4) is 5.75 Å². The number of rotatable bonds is 5. The molecule has 108 valence electrons. The SMILES string of the molecule is NCCCN(C(=O)C1CCOc2ccccc21)C1CC1. The molecule has 2 N–H and O–H groups in total. The van der Waals surface area contributed by atoms with Gasteiger partial charge in [0.15, 0.2) is 0 Å². The molecule has 1 amide bonds. The fraction of sp³-hybridized carbons (Fsp3) is 0.562. The number of nitrogens with zero attached hydrogens (tertiary/aromatic N) is 1. The number of fused-ring (bicyclic) bond motifs is 1. The number of carbonyl (C=O) groups is 1. The van der Waals surface area contributed by atoms with E-state index in [4.69, 9.17) is 10.5 Å². The van der Waals surface area contributed by atoms with Crippen LogP contribution < -0.4 is 10.5 Å². The van der Waals surface area contributed by atoms with Gasteiger partial charge in [-0.15, -0.1) is 0 Å². The van der Waals surface area contributed by atoms with Crippen molar-refractivity contribution in [2.45, 2.75) is 37.6 Å². The third kappa shape index (κ3) is 2.66. The maximum absolute atomic E-state index is 12.9. The van der Waals surface area contributed by atoms with Gasteiger partial charge in [-0.25, -0.2) is 0 Å². The van der Waals surface area contributed by atoms with Crippen molar-refractivity contribution >= 4 is 5.91 Å². The van der Waals surface area contributed by atoms with Gasteiger partial charge in [0.1, 0.15) is 5.75 Å². The van der Waals surface area contributed by atoms with Crippen molar-refractivity contribution in [1.82, 2.24) is 4.90 Å². The largest absolute Gasteiger partial charge is 0.493 e. The van der Waals surface area contributed by atoms with Gasteiger partial charge in [-0.05, 0) is 38.3 Å². The van der Waals surface area contributed by atoms with E-state index in [2.05, 4.69) is 4.90 Å². The topological polar surface area (TPSA) is 55.6 Å². The van der Waals surface area contributed by atoms with Gasteiger partial charge < -0.3 is 15.4 Å². The Bertz CT molecular complexity index is 485. The Balaban J connectivity index is 1.79. The normalized spacial score (nSPS) is 20.9. The molecule has 3 rings (SSSR count). The lowest BCUT2D eigenvalue weighted by atomic mass is 9.91. The third-order valence-corrected chi connectivity index (χ3v) is 4.13. The highest BCUT2D eigenvalue weighted by molar-refractivity contribution is 5.85. The quantitative estimate of drug-likeness (QED) is 0.892. The Morgan fingerprint density at radius 2 is 2.10 bits per heavy atom. The lowest BCUT2D eigenvalue weighted by Gasteiger charge is -2.31. The lowest BCUT2D eigenvalue weighted by Crippen LogP contribution is -2.39. The Morgan fingerprint density at radius 1 is 1.30 bits per heavy atom. The molecule has 4 heteroatoms. The molecule has 1 atom stereocenters. The first kappa shape index (κ1) is 13.4.